The van der Waals surface area contributed by atoms with Crippen LogP contribution in [0.2, 0.25) is 0 Å². The summed E-state index contributed by atoms with van der Waals surface area (Å²) in [7, 11) is 0. The smallest absolute Gasteiger partial charge is 0.359 e. The van der Waals surface area contributed by atoms with Crippen LogP contribution in [0.25, 0.3) is 0 Å². The monoisotopic (exact) mass is 206 g/mol. The number of hydrogen-bond donors (Lipinski definition) is 1. The molecule has 1 aromatic heterocycles. The number of hydrogen-bond acceptors (Lipinski definition) is 3. The lowest BCUT2D eigenvalue weighted by Crippen LogP contribution is -2.10. The molecule has 4 nitrogen and oxygen atoms in total. The Morgan fingerprint density at radius 1 is 1.47 bits per heavy atom. The molecule has 3 rings (SSSR count). The van der Waals surface area contributed by atoms with Gasteiger partial charge in [-0.3, -0.25) is 5.10 Å². The highest BCUT2D eigenvalue weighted by Crippen LogP contribution is 2.29. The Kier molecular flexibility index (Phi) is 2.01. The average molecular weight is 206 g/mol. The van der Waals surface area contributed by atoms with E-state index in [1.807, 2.05) is 0 Å². The van der Waals surface area contributed by atoms with Crippen molar-refractivity contribution in [2.24, 2.45) is 5.92 Å². The summed E-state index contributed by atoms with van der Waals surface area (Å²) in [5, 5.41) is 6.96. The third-order valence-corrected chi connectivity index (χ3v) is 3.15. The van der Waals surface area contributed by atoms with Crippen LogP contribution in [-0.4, -0.2) is 22.8 Å². The van der Waals surface area contributed by atoms with Crippen molar-refractivity contribution in [2.45, 2.75) is 32.1 Å². The molecule has 1 saturated carbocycles. The van der Waals surface area contributed by atoms with E-state index in [9.17, 15) is 4.79 Å². The number of aromatic amines is 1. The first-order chi connectivity index (χ1) is 7.34. The Bertz CT molecular complexity index is 393. The first kappa shape index (κ1) is 8.95. The van der Waals surface area contributed by atoms with Crippen LogP contribution in [-0.2, 0) is 17.6 Å². The zero-order valence-electron chi connectivity index (χ0n) is 8.58. The molecule has 2 aliphatic rings. The van der Waals surface area contributed by atoms with Gasteiger partial charge in [0, 0.05) is 11.3 Å². The summed E-state index contributed by atoms with van der Waals surface area (Å²) in [6.07, 6.45) is 5.49. The largest absolute Gasteiger partial charge is 0.461 e. The number of fused-ring (bicyclic) bond motifs is 1. The lowest BCUT2D eigenvalue weighted by atomic mass is 10.2. The van der Waals surface area contributed by atoms with Crippen molar-refractivity contribution in [1.29, 1.82) is 0 Å². The van der Waals surface area contributed by atoms with Crippen LogP contribution < -0.4 is 0 Å². The highest BCUT2D eigenvalue weighted by atomic mass is 16.5. The zero-order chi connectivity index (χ0) is 10.3. The minimum atomic E-state index is -0.249. The van der Waals surface area contributed by atoms with Crippen LogP contribution in [0.5, 0.6) is 0 Å². The summed E-state index contributed by atoms with van der Waals surface area (Å²) in [6.45, 7) is 0.570. The Morgan fingerprint density at radius 3 is 3.13 bits per heavy atom. The standard InChI is InChI=1S/C11H14N2O2/c14-11(15-6-7-4-5-7)10-8-2-1-3-9(8)12-13-10/h7H,1-6H2,(H,12,13). The molecule has 0 aromatic carbocycles. The van der Waals surface area contributed by atoms with E-state index in [1.54, 1.807) is 0 Å². The number of carbonyl (C=O) groups excluding carboxylic acids is 1. The van der Waals surface area contributed by atoms with Gasteiger partial charge in [-0.25, -0.2) is 4.79 Å². The van der Waals surface area contributed by atoms with Crippen molar-refractivity contribution in [1.82, 2.24) is 10.2 Å². The summed E-state index contributed by atoms with van der Waals surface area (Å²) in [5.41, 5.74) is 2.72. The van der Waals surface area contributed by atoms with Crippen LogP contribution in [0.3, 0.4) is 0 Å². The van der Waals surface area contributed by atoms with Crippen molar-refractivity contribution in [3.63, 3.8) is 0 Å². The third kappa shape index (κ3) is 1.64. The van der Waals surface area contributed by atoms with Gasteiger partial charge in [-0.15, -0.1) is 0 Å². The molecule has 15 heavy (non-hydrogen) atoms. The molecule has 4 heteroatoms. The number of aromatic nitrogens is 2. The van der Waals surface area contributed by atoms with Crippen molar-refractivity contribution in [2.75, 3.05) is 6.61 Å². The summed E-state index contributed by atoms with van der Waals surface area (Å²) < 4.78 is 5.21. The van der Waals surface area contributed by atoms with E-state index in [0.29, 0.717) is 18.2 Å². The lowest BCUT2D eigenvalue weighted by Gasteiger charge is -2.01. The molecule has 80 valence electrons. The van der Waals surface area contributed by atoms with Gasteiger partial charge in [0.1, 0.15) is 0 Å². The van der Waals surface area contributed by atoms with E-state index in [-0.39, 0.29) is 5.97 Å². The average Bonchev–Trinajstić information content (AvgIpc) is 2.78. The quantitative estimate of drug-likeness (QED) is 0.762. The van der Waals surface area contributed by atoms with Crippen LogP contribution in [0.15, 0.2) is 0 Å². The van der Waals surface area contributed by atoms with Crippen molar-refractivity contribution in [3.05, 3.63) is 17.0 Å². The van der Waals surface area contributed by atoms with E-state index in [4.69, 9.17) is 4.74 Å². The zero-order valence-corrected chi connectivity index (χ0v) is 8.58. The van der Waals surface area contributed by atoms with Gasteiger partial charge in [0.2, 0.25) is 0 Å². The van der Waals surface area contributed by atoms with Gasteiger partial charge < -0.3 is 4.74 Å². The van der Waals surface area contributed by atoms with Gasteiger partial charge in [0.25, 0.3) is 0 Å². The third-order valence-electron chi connectivity index (χ3n) is 3.15. The molecule has 0 aliphatic heterocycles. The first-order valence-corrected chi connectivity index (χ1v) is 5.58. The summed E-state index contributed by atoms with van der Waals surface area (Å²) in [6, 6.07) is 0. The summed E-state index contributed by atoms with van der Waals surface area (Å²) in [5.74, 6) is 0.363. The van der Waals surface area contributed by atoms with Gasteiger partial charge >= 0.3 is 5.97 Å². The number of rotatable bonds is 3. The predicted molar refractivity (Wildman–Crippen MR) is 53.6 cm³/mol. The Labute approximate surface area is 88.0 Å². The molecule has 0 atom stereocenters. The number of carbonyl (C=O) groups is 1. The number of H-pyrrole nitrogens is 1. The van der Waals surface area contributed by atoms with E-state index in [1.165, 1.54) is 12.8 Å². The molecule has 0 bridgehead atoms. The van der Waals surface area contributed by atoms with Gasteiger partial charge in [0.05, 0.1) is 6.61 Å². The molecule has 1 fully saturated rings. The maximum absolute atomic E-state index is 11.7. The maximum atomic E-state index is 11.7. The summed E-state index contributed by atoms with van der Waals surface area (Å²) >= 11 is 0. The van der Waals surface area contributed by atoms with Crippen LogP contribution >= 0.6 is 0 Å². The molecular formula is C11H14N2O2. The van der Waals surface area contributed by atoms with Crippen molar-refractivity contribution in [3.8, 4) is 0 Å². The predicted octanol–water partition coefficient (Wildman–Crippen LogP) is 1.47. The molecule has 2 aliphatic carbocycles. The highest BCUT2D eigenvalue weighted by Gasteiger charge is 2.27. The lowest BCUT2D eigenvalue weighted by molar-refractivity contribution is 0.0478. The van der Waals surface area contributed by atoms with E-state index >= 15 is 0 Å². The number of aryl methyl sites for hydroxylation is 1. The molecule has 0 unspecified atom stereocenters. The molecule has 1 aromatic rings. The molecule has 0 saturated heterocycles. The van der Waals surface area contributed by atoms with Crippen LogP contribution in [0, 0.1) is 5.92 Å². The van der Waals surface area contributed by atoms with Crippen LogP contribution in [0.1, 0.15) is 41.0 Å². The Balaban J connectivity index is 1.71. The highest BCUT2D eigenvalue weighted by molar-refractivity contribution is 5.89. The van der Waals surface area contributed by atoms with E-state index in [0.717, 1.165) is 30.5 Å². The molecule has 0 spiro atoms. The molecule has 1 N–H and O–H groups in total. The minimum absolute atomic E-state index is 0.249. The normalized spacial score (nSPS) is 18.9. The van der Waals surface area contributed by atoms with Crippen LogP contribution in [0.4, 0.5) is 0 Å². The Morgan fingerprint density at radius 2 is 2.33 bits per heavy atom. The second-order valence-corrected chi connectivity index (χ2v) is 4.42. The number of esters is 1. The topological polar surface area (TPSA) is 55.0 Å². The number of nitrogens with zero attached hydrogens (tertiary/aromatic N) is 1. The second-order valence-electron chi connectivity index (χ2n) is 4.42. The molecular weight excluding hydrogens is 192 g/mol. The summed E-state index contributed by atoms with van der Waals surface area (Å²) in [4.78, 5) is 11.7. The molecule has 1 heterocycles. The number of nitrogens with one attached hydrogen (secondary N) is 1. The Hall–Kier alpha value is -1.32. The number of ether oxygens (including phenoxy) is 1. The fourth-order valence-corrected chi connectivity index (χ4v) is 2.03. The van der Waals surface area contributed by atoms with Gasteiger partial charge in [-0.05, 0) is 38.0 Å². The van der Waals surface area contributed by atoms with Gasteiger partial charge in [-0.2, -0.15) is 5.10 Å². The molecule has 0 radical (unpaired) electrons. The van der Waals surface area contributed by atoms with E-state index < -0.39 is 0 Å². The SMILES string of the molecule is O=C(OCC1CC1)c1n[nH]c2c1CCC2. The first-order valence-electron chi connectivity index (χ1n) is 5.58. The fraction of sp³-hybridized carbons (Fsp3) is 0.636. The van der Waals surface area contributed by atoms with E-state index in [2.05, 4.69) is 10.2 Å². The van der Waals surface area contributed by atoms with Crippen molar-refractivity contribution >= 4 is 5.97 Å². The van der Waals surface area contributed by atoms with Gasteiger partial charge in [-0.1, -0.05) is 0 Å². The fourth-order valence-electron chi connectivity index (χ4n) is 2.03. The second kappa shape index (κ2) is 3.36. The van der Waals surface area contributed by atoms with Gasteiger partial charge in [0.15, 0.2) is 5.69 Å². The maximum Gasteiger partial charge on any atom is 0.359 e. The molecule has 0 amide bonds. The minimum Gasteiger partial charge on any atom is -0.461 e. The van der Waals surface area contributed by atoms with Crippen molar-refractivity contribution < 1.29 is 9.53 Å².